The van der Waals surface area contributed by atoms with Gasteiger partial charge in [-0.15, -0.1) is 0 Å². The number of aryl methyl sites for hydroxylation is 1. The van der Waals surface area contributed by atoms with Gasteiger partial charge in [-0.1, -0.05) is 6.92 Å². The molecule has 0 atom stereocenters. The predicted octanol–water partition coefficient (Wildman–Crippen LogP) is 3.12. The Bertz CT molecular complexity index is 223. The Balaban J connectivity index is 0.000000189. The van der Waals surface area contributed by atoms with Gasteiger partial charge < -0.3 is 0 Å². The molecule has 2 rings (SSSR count). The fraction of sp³-hybridized carbons (Fsp3) is 0.0909. The monoisotopic (exact) mass is 324 g/mol. The van der Waals surface area contributed by atoms with Crippen molar-refractivity contribution in [3.8, 4) is 0 Å². The smallest absolute Gasteiger partial charge is 0 e. The second kappa shape index (κ2) is 7.23. The van der Waals surface area contributed by atoms with Crippen LogP contribution in [-0.2, 0) is 25.8 Å². The van der Waals surface area contributed by atoms with E-state index in [0.717, 1.165) is 0 Å². The minimum Gasteiger partial charge on any atom is -0.214 e. The minimum atomic E-state index is 0. The van der Waals surface area contributed by atoms with Crippen molar-refractivity contribution < 1.29 is 25.8 Å². The molecule has 0 aliphatic carbocycles. The first-order valence-corrected chi connectivity index (χ1v) is 3.74. The summed E-state index contributed by atoms with van der Waals surface area (Å²) in [6.45, 7) is 2.08. The number of rotatable bonds is 0. The van der Waals surface area contributed by atoms with Gasteiger partial charge in [-0.3, -0.25) is 0 Å². The summed E-state index contributed by atoms with van der Waals surface area (Å²) in [6, 6.07) is 18.2. The van der Waals surface area contributed by atoms with E-state index in [4.69, 9.17) is 0 Å². The van der Waals surface area contributed by atoms with Crippen LogP contribution in [0.4, 0.5) is 0 Å². The molecular formula is C11H12Hf-2. The summed E-state index contributed by atoms with van der Waals surface area (Å²) in [7, 11) is 0. The van der Waals surface area contributed by atoms with E-state index in [1.165, 1.54) is 5.56 Å². The third-order valence-corrected chi connectivity index (χ3v) is 1.38. The Kier molecular flexibility index (Phi) is 6.97. The van der Waals surface area contributed by atoms with Gasteiger partial charge in [-0.2, -0.15) is 35.9 Å². The molecular weight excluding hydrogens is 311 g/mol. The first kappa shape index (κ1) is 11.6. The number of hydrogen-bond donors (Lipinski definition) is 0. The largest absolute Gasteiger partial charge is 0.214 e. The quantitative estimate of drug-likeness (QED) is 0.516. The minimum absolute atomic E-state index is 0. The van der Waals surface area contributed by atoms with Crippen LogP contribution < -0.4 is 0 Å². The topological polar surface area (TPSA) is 0 Å². The Labute approximate surface area is 92.7 Å². The molecule has 0 fully saturated rings. The van der Waals surface area contributed by atoms with Gasteiger partial charge in [0.2, 0.25) is 0 Å². The Morgan fingerprint density at radius 1 is 0.917 bits per heavy atom. The van der Waals surface area contributed by atoms with E-state index in [1.807, 2.05) is 42.5 Å². The van der Waals surface area contributed by atoms with E-state index >= 15 is 0 Å². The van der Waals surface area contributed by atoms with Crippen LogP contribution in [0.15, 0.2) is 54.6 Å². The summed E-state index contributed by atoms with van der Waals surface area (Å²) in [5, 5.41) is 0. The molecule has 2 aromatic carbocycles. The Morgan fingerprint density at radius 2 is 1.42 bits per heavy atom. The first-order chi connectivity index (χ1) is 5.39. The van der Waals surface area contributed by atoms with Gasteiger partial charge >= 0.3 is 0 Å². The van der Waals surface area contributed by atoms with Crippen LogP contribution in [0.2, 0.25) is 0 Å². The van der Waals surface area contributed by atoms with Crippen LogP contribution in [-0.4, -0.2) is 0 Å². The molecule has 62 valence electrons. The van der Waals surface area contributed by atoms with Crippen molar-refractivity contribution in [3.63, 3.8) is 0 Å². The van der Waals surface area contributed by atoms with Crippen LogP contribution in [0.3, 0.4) is 0 Å². The molecule has 0 unspecified atom stereocenters. The second-order valence-corrected chi connectivity index (χ2v) is 2.42. The van der Waals surface area contributed by atoms with Gasteiger partial charge in [0.1, 0.15) is 0 Å². The first-order valence-electron chi connectivity index (χ1n) is 3.74. The molecule has 0 saturated carbocycles. The summed E-state index contributed by atoms with van der Waals surface area (Å²) >= 11 is 0. The van der Waals surface area contributed by atoms with E-state index in [1.54, 1.807) is 0 Å². The zero-order valence-corrected chi connectivity index (χ0v) is 10.8. The average Bonchev–Trinajstić information content (AvgIpc) is 2.57. The predicted molar refractivity (Wildman–Crippen MR) is 48.8 cm³/mol. The van der Waals surface area contributed by atoms with Gasteiger partial charge in [-0.25, -0.2) is 24.3 Å². The van der Waals surface area contributed by atoms with E-state index in [9.17, 15) is 0 Å². The molecule has 0 spiro atoms. The maximum absolute atomic E-state index is 2.08. The third-order valence-electron chi connectivity index (χ3n) is 1.38. The molecule has 0 amide bonds. The van der Waals surface area contributed by atoms with Crippen LogP contribution in [0.1, 0.15) is 5.56 Å². The van der Waals surface area contributed by atoms with Crippen molar-refractivity contribution in [1.82, 2.24) is 0 Å². The van der Waals surface area contributed by atoms with Crippen molar-refractivity contribution in [2.45, 2.75) is 6.92 Å². The third kappa shape index (κ3) is 5.25. The Morgan fingerprint density at radius 3 is 1.58 bits per heavy atom. The molecule has 0 N–H and O–H groups in total. The van der Waals surface area contributed by atoms with Crippen molar-refractivity contribution in [2.75, 3.05) is 0 Å². The second-order valence-electron chi connectivity index (χ2n) is 2.42. The summed E-state index contributed by atoms with van der Waals surface area (Å²) in [5.41, 5.74) is 1.34. The SMILES string of the molecule is C[c-]1cccc1.[Hf].c1cc[cH-]c1. The molecule has 0 radical (unpaired) electrons. The van der Waals surface area contributed by atoms with Crippen LogP contribution in [0.25, 0.3) is 0 Å². The molecule has 0 bridgehead atoms. The maximum atomic E-state index is 2.08. The Hall–Kier alpha value is -0.430. The van der Waals surface area contributed by atoms with Crippen molar-refractivity contribution in [1.29, 1.82) is 0 Å². The number of hydrogen-bond acceptors (Lipinski definition) is 0. The molecule has 0 aliphatic rings. The van der Waals surface area contributed by atoms with Crippen molar-refractivity contribution in [2.24, 2.45) is 0 Å². The summed E-state index contributed by atoms with van der Waals surface area (Å²) in [4.78, 5) is 0. The summed E-state index contributed by atoms with van der Waals surface area (Å²) in [5.74, 6) is 0. The molecule has 0 nitrogen and oxygen atoms in total. The van der Waals surface area contributed by atoms with E-state index in [0.29, 0.717) is 0 Å². The standard InChI is InChI=1S/C6H7.C5H5.Hf/c1-6-4-2-3-5-6;1-2-4-5-3-1;/h2-5H,1H3;1-5H;/q2*-1;. The van der Waals surface area contributed by atoms with Crippen LogP contribution >= 0.6 is 0 Å². The fourth-order valence-electron chi connectivity index (χ4n) is 0.791. The molecule has 0 saturated heterocycles. The van der Waals surface area contributed by atoms with Gasteiger partial charge in [0, 0.05) is 25.8 Å². The summed E-state index contributed by atoms with van der Waals surface area (Å²) < 4.78 is 0. The molecule has 0 heterocycles. The zero-order chi connectivity index (χ0) is 7.94. The summed E-state index contributed by atoms with van der Waals surface area (Å²) in [6.07, 6.45) is 0. The van der Waals surface area contributed by atoms with Gasteiger partial charge in [-0.05, 0) is 0 Å². The molecule has 12 heavy (non-hydrogen) atoms. The van der Waals surface area contributed by atoms with Gasteiger partial charge in [0.25, 0.3) is 0 Å². The maximum Gasteiger partial charge on any atom is 0 e. The van der Waals surface area contributed by atoms with Crippen molar-refractivity contribution in [3.05, 3.63) is 60.2 Å². The van der Waals surface area contributed by atoms with Crippen LogP contribution in [0, 0.1) is 6.92 Å². The zero-order valence-electron chi connectivity index (χ0n) is 7.20. The fourth-order valence-corrected chi connectivity index (χ4v) is 0.791. The van der Waals surface area contributed by atoms with E-state index in [2.05, 4.69) is 19.1 Å². The van der Waals surface area contributed by atoms with E-state index in [-0.39, 0.29) is 25.8 Å². The molecule has 0 aromatic heterocycles. The molecule has 1 heteroatoms. The van der Waals surface area contributed by atoms with Crippen LogP contribution in [0.5, 0.6) is 0 Å². The normalized spacial score (nSPS) is 7.75. The molecule has 2 aromatic rings. The van der Waals surface area contributed by atoms with E-state index < -0.39 is 0 Å². The van der Waals surface area contributed by atoms with Gasteiger partial charge in [0.15, 0.2) is 0 Å². The van der Waals surface area contributed by atoms with Gasteiger partial charge in [0.05, 0.1) is 0 Å². The average molecular weight is 323 g/mol. The molecule has 0 aliphatic heterocycles. The van der Waals surface area contributed by atoms with Crippen molar-refractivity contribution >= 4 is 0 Å².